The number of hydrogen-bond donors (Lipinski definition) is 0. The van der Waals surface area contributed by atoms with Gasteiger partial charge in [-0.05, 0) is 57.7 Å². The van der Waals surface area contributed by atoms with E-state index in [0.29, 0.717) is 31.3 Å². The Labute approximate surface area is 183 Å². The van der Waals surface area contributed by atoms with E-state index in [9.17, 15) is 4.79 Å². The minimum absolute atomic E-state index is 0.172. The molecule has 0 saturated carbocycles. The van der Waals surface area contributed by atoms with Gasteiger partial charge in [0.1, 0.15) is 17.4 Å². The first-order chi connectivity index (χ1) is 15.6. The summed E-state index contributed by atoms with van der Waals surface area (Å²) in [4.78, 5) is 20.0. The molecule has 0 radical (unpaired) electrons. The van der Waals surface area contributed by atoms with E-state index in [1.807, 2.05) is 43.3 Å². The second-order valence-electron chi connectivity index (χ2n) is 7.85. The third kappa shape index (κ3) is 5.78. The van der Waals surface area contributed by atoms with Gasteiger partial charge in [0.2, 0.25) is 0 Å². The van der Waals surface area contributed by atoms with Crippen LogP contribution in [0.3, 0.4) is 0 Å². The van der Waals surface area contributed by atoms with Gasteiger partial charge in [-0.25, -0.2) is 4.98 Å². The number of Topliss-reactive ketones (excluding diaryl/α,β-unsaturated/α-hetero) is 1. The second kappa shape index (κ2) is 10.2. The van der Waals surface area contributed by atoms with Gasteiger partial charge in [0.15, 0.2) is 0 Å². The van der Waals surface area contributed by atoms with E-state index >= 15 is 0 Å². The van der Waals surface area contributed by atoms with E-state index in [2.05, 4.69) is 16.9 Å². The van der Waals surface area contributed by atoms with Gasteiger partial charge in [-0.15, -0.1) is 0 Å². The summed E-state index contributed by atoms with van der Waals surface area (Å²) in [5.74, 6) is 1.81. The molecule has 0 aliphatic heterocycles. The van der Waals surface area contributed by atoms with E-state index < -0.39 is 6.85 Å². The Morgan fingerprint density at radius 3 is 2.77 bits per heavy atom. The van der Waals surface area contributed by atoms with Crippen molar-refractivity contribution in [1.29, 1.82) is 0 Å². The van der Waals surface area contributed by atoms with Crippen molar-refractivity contribution >= 4 is 5.78 Å². The molecule has 3 rings (SSSR count). The molecule has 5 heteroatoms. The number of rotatable bonds is 10. The first kappa shape index (κ1) is 17.9. The summed E-state index contributed by atoms with van der Waals surface area (Å²) >= 11 is 0. The fourth-order valence-electron chi connectivity index (χ4n) is 3.52. The number of para-hydroxylation sites is 1. The zero-order valence-corrected chi connectivity index (χ0v) is 17.9. The predicted octanol–water partition coefficient (Wildman–Crippen LogP) is 5.38. The van der Waals surface area contributed by atoms with Gasteiger partial charge < -0.3 is 14.1 Å². The lowest BCUT2D eigenvalue weighted by atomic mass is 10.00. The van der Waals surface area contributed by atoms with Crippen LogP contribution in [-0.4, -0.2) is 26.9 Å². The molecule has 2 heterocycles. The van der Waals surface area contributed by atoms with Crippen LogP contribution >= 0.6 is 0 Å². The third-order valence-corrected chi connectivity index (χ3v) is 5.06. The molecule has 0 fully saturated rings. The van der Waals surface area contributed by atoms with E-state index in [-0.39, 0.29) is 11.5 Å². The van der Waals surface area contributed by atoms with Crippen molar-refractivity contribution in [2.24, 2.45) is 5.92 Å². The van der Waals surface area contributed by atoms with Crippen LogP contribution in [0.4, 0.5) is 0 Å². The summed E-state index contributed by atoms with van der Waals surface area (Å²) in [5.41, 5.74) is 2.68. The number of hydrogen-bond acceptors (Lipinski definition) is 4. The monoisotopic (exact) mass is 408 g/mol. The quantitative estimate of drug-likeness (QED) is 0.422. The highest BCUT2D eigenvalue weighted by Gasteiger charge is 2.13. The van der Waals surface area contributed by atoms with Crippen LogP contribution in [0.15, 0.2) is 48.8 Å². The molecule has 0 aliphatic carbocycles. The molecular formula is C25H31N3O2. The van der Waals surface area contributed by atoms with Crippen LogP contribution in [0, 0.1) is 19.7 Å². The maximum absolute atomic E-state index is 11.3. The molecule has 0 bridgehead atoms. The number of aromatic nitrogens is 3. The number of aryl methyl sites for hydroxylation is 2. The molecule has 0 N–H and O–H groups in total. The van der Waals surface area contributed by atoms with Gasteiger partial charge >= 0.3 is 0 Å². The SMILES string of the molecule is [2H]C([2H])([2H])c1cnc(-c2ccc(C)nc2)n1Cc1ccccc1OCCC[C@@H](C)CC(C)=O. The zero-order chi connectivity index (χ0) is 24.0. The summed E-state index contributed by atoms with van der Waals surface area (Å²) in [6, 6.07) is 11.4. The Balaban J connectivity index is 1.81. The Bertz CT molecular complexity index is 1080. The van der Waals surface area contributed by atoms with Crippen molar-refractivity contribution in [2.75, 3.05) is 6.61 Å². The molecule has 0 saturated heterocycles. The summed E-state index contributed by atoms with van der Waals surface area (Å²) < 4.78 is 31.7. The van der Waals surface area contributed by atoms with Crippen LogP contribution in [0.1, 0.15) is 54.2 Å². The Morgan fingerprint density at radius 2 is 2.03 bits per heavy atom. The maximum atomic E-state index is 11.3. The predicted molar refractivity (Wildman–Crippen MR) is 120 cm³/mol. The molecule has 0 unspecified atom stereocenters. The maximum Gasteiger partial charge on any atom is 0.141 e. The first-order valence-electron chi connectivity index (χ1n) is 11.8. The molecule has 0 spiro atoms. The molecular weight excluding hydrogens is 374 g/mol. The smallest absolute Gasteiger partial charge is 0.141 e. The highest BCUT2D eigenvalue weighted by Crippen LogP contribution is 2.25. The van der Waals surface area contributed by atoms with Crippen molar-refractivity contribution in [3.05, 3.63) is 65.7 Å². The van der Waals surface area contributed by atoms with Gasteiger partial charge in [-0.1, -0.05) is 25.1 Å². The average molecular weight is 409 g/mol. The first-order valence-corrected chi connectivity index (χ1v) is 10.3. The third-order valence-electron chi connectivity index (χ3n) is 5.06. The fourth-order valence-corrected chi connectivity index (χ4v) is 3.52. The van der Waals surface area contributed by atoms with Gasteiger partial charge in [0.25, 0.3) is 0 Å². The van der Waals surface area contributed by atoms with Gasteiger partial charge in [-0.2, -0.15) is 0 Å². The van der Waals surface area contributed by atoms with Crippen molar-refractivity contribution in [3.63, 3.8) is 0 Å². The van der Waals surface area contributed by atoms with Crippen molar-refractivity contribution in [2.45, 2.75) is 53.4 Å². The number of carbonyl (C=O) groups excluding carboxylic acids is 1. The Kier molecular flexibility index (Phi) is 6.07. The molecule has 30 heavy (non-hydrogen) atoms. The lowest BCUT2D eigenvalue weighted by Crippen LogP contribution is -2.08. The molecule has 3 aromatic rings. The lowest BCUT2D eigenvalue weighted by molar-refractivity contribution is -0.117. The van der Waals surface area contributed by atoms with Crippen LogP contribution in [0.5, 0.6) is 5.75 Å². The van der Waals surface area contributed by atoms with E-state index in [1.165, 1.54) is 6.20 Å². The van der Waals surface area contributed by atoms with Gasteiger partial charge in [0, 0.05) is 45.4 Å². The summed E-state index contributed by atoms with van der Waals surface area (Å²) in [6.07, 6.45) is 5.47. The number of benzene rings is 1. The summed E-state index contributed by atoms with van der Waals surface area (Å²) in [7, 11) is 0. The van der Waals surface area contributed by atoms with E-state index in [4.69, 9.17) is 8.85 Å². The number of ketones is 1. The van der Waals surface area contributed by atoms with Crippen molar-refractivity contribution in [3.8, 4) is 17.1 Å². The number of pyridine rings is 1. The van der Waals surface area contributed by atoms with E-state index in [0.717, 1.165) is 35.4 Å². The normalized spacial score (nSPS) is 13.9. The average Bonchev–Trinajstić information content (AvgIpc) is 3.16. The van der Waals surface area contributed by atoms with Crippen LogP contribution in [0.25, 0.3) is 11.4 Å². The second-order valence-corrected chi connectivity index (χ2v) is 7.85. The minimum Gasteiger partial charge on any atom is -0.493 e. The highest BCUT2D eigenvalue weighted by molar-refractivity contribution is 5.75. The Hall–Kier alpha value is -2.95. The number of carbonyl (C=O) groups is 1. The Morgan fingerprint density at radius 1 is 1.20 bits per heavy atom. The van der Waals surface area contributed by atoms with Crippen LogP contribution in [0.2, 0.25) is 0 Å². The summed E-state index contributed by atoms with van der Waals surface area (Å²) in [6.45, 7) is 4.14. The van der Waals surface area contributed by atoms with Crippen molar-refractivity contribution < 1.29 is 13.6 Å². The molecule has 2 aromatic heterocycles. The van der Waals surface area contributed by atoms with E-state index in [1.54, 1.807) is 17.7 Å². The van der Waals surface area contributed by atoms with Crippen molar-refractivity contribution in [1.82, 2.24) is 14.5 Å². The summed E-state index contributed by atoms with van der Waals surface area (Å²) in [5, 5.41) is 0. The molecule has 0 amide bonds. The highest BCUT2D eigenvalue weighted by atomic mass is 16.5. The van der Waals surface area contributed by atoms with Crippen LogP contribution in [-0.2, 0) is 11.3 Å². The van der Waals surface area contributed by atoms with Crippen LogP contribution < -0.4 is 4.74 Å². The number of nitrogens with zero attached hydrogens (tertiary/aromatic N) is 3. The van der Waals surface area contributed by atoms with Gasteiger partial charge in [0.05, 0.1) is 13.2 Å². The molecule has 1 aromatic carbocycles. The topological polar surface area (TPSA) is 57.0 Å². The molecule has 158 valence electrons. The minimum atomic E-state index is -2.30. The zero-order valence-electron chi connectivity index (χ0n) is 20.9. The molecule has 1 atom stereocenters. The standard InChI is InChI=1S/C25H31N3O2/c1-18(14-21(4)29)8-7-13-30-24-10-6-5-9-23(24)17-28-20(3)15-27-25(28)22-12-11-19(2)26-16-22/h5-6,9-12,15-16,18H,7-8,13-14,17H2,1-4H3/t18-/m1/s1/i3D3. The fraction of sp³-hybridized carbons (Fsp3) is 0.400. The number of ether oxygens (including phenoxy) is 1. The lowest BCUT2D eigenvalue weighted by Gasteiger charge is -2.15. The largest absolute Gasteiger partial charge is 0.493 e. The molecule has 0 aliphatic rings. The molecule has 5 nitrogen and oxygen atoms in total. The number of imidazole rings is 1. The van der Waals surface area contributed by atoms with Gasteiger partial charge in [-0.3, -0.25) is 4.98 Å².